The second kappa shape index (κ2) is 7.68. The van der Waals surface area contributed by atoms with Crippen LogP contribution >= 0.6 is 34.9 Å². The van der Waals surface area contributed by atoms with E-state index in [1.807, 2.05) is 60.3 Å². The highest BCUT2D eigenvalue weighted by molar-refractivity contribution is 8.07. The normalized spacial score (nSPS) is 17.4. The standard InChI is InChI=1S/C18H16N2O2S3/c21-17(16-11-23-8-9-24-16)20-18-19-14-7-6-13(10-15(14)25-18)22-12-4-2-1-3-5-12/h1-7,10,16H,8-9,11H2,(H,19,20,21). The molecule has 0 bridgehead atoms. The van der Waals surface area contributed by atoms with Crippen LogP contribution in [0.15, 0.2) is 48.5 Å². The third kappa shape index (κ3) is 4.11. The predicted octanol–water partition coefficient (Wildman–Crippen LogP) is 4.88. The molecule has 1 aromatic heterocycles. The summed E-state index contributed by atoms with van der Waals surface area (Å²) >= 11 is 5.03. The fraction of sp³-hybridized carbons (Fsp3) is 0.222. The van der Waals surface area contributed by atoms with Gasteiger partial charge in [0, 0.05) is 23.3 Å². The van der Waals surface area contributed by atoms with Crippen LogP contribution < -0.4 is 10.1 Å². The maximum absolute atomic E-state index is 12.3. The number of fused-ring (bicyclic) bond motifs is 1. The number of para-hydroxylation sites is 1. The number of thioether (sulfide) groups is 2. The predicted molar refractivity (Wildman–Crippen MR) is 108 cm³/mol. The SMILES string of the molecule is O=C(Nc1nc2ccc(Oc3ccccc3)cc2s1)C1CSCCS1. The van der Waals surface area contributed by atoms with E-state index in [9.17, 15) is 4.79 Å². The summed E-state index contributed by atoms with van der Waals surface area (Å²) in [6, 6.07) is 15.5. The molecule has 0 saturated carbocycles. The minimum Gasteiger partial charge on any atom is -0.457 e. The van der Waals surface area contributed by atoms with E-state index in [2.05, 4.69) is 10.3 Å². The number of amides is 1. The van der Waals surface area contributed by atoms with E-state index in [0.717, 1.165) is 39.0 Å². The molecule has 0 spiro atoms. The number of nitrogens with one attached hydrogen (secondary N) is 1. The molecule has 128 valence electrons. The van der Waals surface area contributed by atoms with Gasteiger partial charge in [-0.3, -0.25) is 4.79 Å². The Morgan fingerprint density at radius 1 is 1.12 bits per heavy atom. The van der Waals surface area contributed by atoms with Crippen LogP contribution in [0.5, 0.6) is 11.5 Å². The van der Waals surface area contributed by atoms with Gasteiger partial charge in [-0.15, -0.1) is 11.8 Å². The van der Waals surface area contributed by atoms with Gasteiger partial charge < -0.3 is 10.1 Å². The molecule has 1 saturated heterocycles. The van der Waals surface area contributed by atoms with E-state index in [0.29, 0.717) is 5.13 Å². The van der Waals surface area contributed by atoms with Gasteiger partial charge in [0.15, 0.2) is 5.13 Å². The number of rotatable bonds is 4. The molecule has 7 heteroatoms. The molecule has 1 amide bonds. The Balaban J connectivity index is 1.49. The highest BCUT2D eigenvalue weighted by Gasteiger charge is 2.23. The second-order valence-electron chi connectivity index (χ2n) is 5.49. The van der Waals surface area contributed by atoms with Crippen LogP contribution in [0.4, 0.5) is 5.13 Å². The number of carbonyl (C=O) groups excluding carboxylic acids is 1. The van der Waals surface area contributed by atoms with Crippen LogP contribution in [0.25, 0.3) is 10.2 Å². The average molecular weight is 389 g/mol. The number of ether oxygens (including phenoxy) is 1. The minimum absolute atomic E-state index is 0.0164. The van der Waals surface area contributed by atoms with Crippen molar-refractivity contribution in [2.45, 2.75) is 5.25 Å². The van der Waals surface area contributed by atoms with Crippen molar-refractivity contribution in [2.75, 3.05) is 22.6 Å². The second-order valence-corrected chi connectivity index (χ2v) is 8.98. The first kappa shape index (κ1) is 16.8. The molecule has 25 heavy (non-hydrogen) atoms. The lowest BCUT2D eigenvalue weighted by Crippen LogP contribution is -2.29. The molecule has 1 aliphatic rings. The van der Waals surface area contributed by atoms with Crippen LogP contribution in [0, 0.1) is 0 Å². The molecular formula is C18H16N2O2S3. The third-order valence-corrected chi connectivity index (χ3v) is 7.37. The van der Waals surface area contributed by atoms with Crippen molar-refractivity contribution in [3.63, 3.8) is 0 Å². The van der Waals surface area contributed by atoms with Crippen LogP contribution in [0.3, 0.4) is 0 Å². The maximum atomic E-state index is 12.3. The minimum atomic E-state index is 0.0164. The van der Waals surface area contributed by atoms with Crippen molar-refractivity contribution < 1.29 is 9.53 Å². The van der Waals surface area contributed by atoms with Gasteiger partial charge in [0.2, 0.25) is 5.91 Å². The third-order valence-electron chi connectivity index (χ3n) is 3.68. The summed E-state index contributed by atoms with van der Waals surface area (Å²) in [5.41, 5.74) is 0.867. The van der Waals surface area contributed by atoms with Gasteiger partial charge in [-0.05, 0) is 24.3 Å². The average Bonchev–Trinajstić information content (AvgIpc) is 3.05. The number of thiazole rings is 1. The van der Waals surface area contributed by atoms with Crippen LogP contribution in [0.2, 0.25) is 0 Å². The van der Waals surface area contributed by atoms with E-state index in [-0.39, 0.29) is 11.2 Å². The summed E-state index contributed by atoms with van der Waals surface area (Å²) in [5.74, 6) is 4.64. The van der Waals surface area contributed by atoms with Gasteiger partial charge >= 0.3 is 0 Å². The van der Waals surface area contributed by atoms with E-state index < -0.39 is 0 Å². The lowest BCUT2D eigenvalue weighted by atomic mass is 10.3. The first-order chi connectivity index (χ1) is 12.3. The Morgan fingerprint density at radius 3 is 2.80 bits per heavy atom. The van der Waals surface area contributed by atoms with Crippen molar-refractivity contribution in [1.82, 2.24) is 4.98 Å². The number of benzene rings is 2. The first-order valence-electron chi connectivity index (χ1n) is 7.92. The van der Waals surface area contributed by atoms with Crippen molar-refractivity contribution in [2.24, 2.45) is 0 Å². The quantitative estimate of drug-likeness (QED) is 0.691. The fourth-order valence-corrected chi connectivity index (χ4v) is 5.93. The van der Waals surface area contributed by atoms with Crippen LogP contribution in [-0.2, 0) is 4.79 Å². The van der Waals surface area contributed by atoms with Gasteiger partial charge in [0.1, 0.15) is 11.5 Å². The molecule has 1 fully saturated rings. The number of anilines is 1. The molecule has 1 atom stereocenters. The zero-order valence-electron chi connectivity index (χ0n) is 13.3. The zero-order chi connectivity index (χ0) is 17.1. The summed E-state index contributed by atoms with van der Waals surface area (Å²) < 4.78 is 6.85. The van der Waals surface area contributed by atoms with Gasteiger partial charge in [0.05, 0.1) is 15.5 Å². The Labute approximate surface area is 158 Å². The van der Waals surface area contributed by atoms with Gasteiger partial charge in [-0.1, -0.05) is 29.5 Å². The molecule has 4 rings (SSSR count). The molecule has 0 aliphatic carbocycles. The van der Waals surface area contributed by atoms with Gasteiger partial charge in [-0.25, -0.2) is 4.98 Å². The lowest BCUT2D eigenvalue weighted by molar-refractivity contribution is -0.115. The summed E-state index contributed by atoms with van der Waals surface area (Å²) in [7, 11) is 0. The number of hydrogen-bond acceptors (Lipinski definition) is 6. The van der Waals surface area contributed by atoms with Crippen LogP contribution in [0.1, 0.15) is 0 Å². The molecular weight excluding hydrogens is 372 g/mol. The molecule has 1 N–H and O–H groups in total. The first-order valence-corrected chi connectivity index (χ1v) is 10.9. The number of carbonyl (C=O) groups is 1. The van der Waals surface area contributed by atoms with Gasteiger partial charge in [0.25, 0.3) is 0 Å². The van der Waals surface area contributed by atoms with E-state index >= 15 is 0 Å². The summed E-state index contributed by atoms with van der Waals surface area (Å²) in [4.78, 5) is 16.9. The monoisotopic (exact) mass is 388 g/mol. The molecule has 2 heterocycles. The maximum Gasteiger partial charge on any atom is 0.240 e. The Hall–Kier alpha value is -1.70. The van der Waals surface area contributed by atoms with Crippen molar-refractivity contribution >= 4 is 56.1 Å². The van der Waals surface area contributed by atoms with Gasteiger partial charge in [-0.2, -0.15) is 11.8 Å². The van der Waals surface area contributed by atoms with E-state index in [4.69, 9.17) is 4.74 Å². The Morgan fingerprint density at radius 2 is 2.00 bits per heavy atom. The zero-order valence-corrected chi connectivity index (χ0v) is 15.8. The largest absolute Gasteiger partial charge is 0.457 e. The van der Waals surface area contributed by atoms with E-state index in [1.165, 1.54) is 11.3 Å². The summed E-state index contributed by atoms with van der Waals surface area (Å²) in [6.07, 6.45) is 0. The number of hydrogen-bond donors (Lipinski definition) is 1. The molecule has 2 aromatic carbocycles. The molecule has 4 nitrogen and oxygen atoms in total. The van der Waals surface area contributed by atoms with Crippen LogP contribution in [-0.4, -0.2) is 33.4 Å². The number of aromatic nitrogens is 1. The van der Waals surface area contributed by atoms with Crippen molar-refractivity contribution in [3.05, 3.63) is 48.5 Å². The molecule has 3 aromatic rings. The lowest BCUT2D eigenvalue weighted by Gasteiger charge is -2.19. The summed E-state index contributed by atoms with van der Waals surface area (Å²) in [5, 5.41) is 3.63. The Bertz CT molecular complexity index is 876. The highest BCUT2D eigenvalue weighted by atomic mass is 32.2. The van der Waals surface area contributed by atoms with E-state index in [1.54, 1.807) is 11.8 Å². The summed E-state index contributed by atoms with van der Waals surface area (Å²) in [6.45, 7) is 0. The molecule has 1 unspecified atom stereocenters. The Kier molecular flexibility index (Phi) is 5.14. The van der Waals surface area contributed by atoms with Crippen molar-refractivity contribution in [1.29, 1.82) is 0 Å². The van der Waals surface area contributed by atoms with Crippen molar-refractivity contribution in [3.8, 4) is 11.5 Å². The molecule has 1 aliphatic heterocycles. The topological polar surface area (TPSA) is 51.2 Å². The smallest absolute Gasteiger partial charge is 0.240 e. The molecule has 0 radical (unpaired) electrons. The highest BCUT2D eigenvalue weighted by Crippen LogP contribution is 2.32. The fourth-order valence-electron chi connectivity index (χ4n) is 2.47. The number of nitrogens with zero attached hydrogens (tertiary/aromatic N) is 1.